The number of alkyl halides is 2. The molecule has 0 amide bonds. The van der Waals surface area contributed by atoms with Crippen molar-refractivity contribution in [2.45, 2.75) is 6.61 Å². The minimum Gasteiger partial charge on any atom is -0.433 e. The van der Waals surface area contributed by atoms with Gasteiger partial charge in [0.05, 0.1) is 10.7 Å². The number of anilines is 1. The standard InChI is InChI=1S/C7H5Cl2F2NO/c8-3-1-2-4(13-7(10)11)5(9)6(3)12/h1-2,7H,12H2. The Hall–Kier alpha value is -0.740. The van der Waals surface area contributed by atoms with Crippen LogP contribution < -0.4 is 10.5 Å². The molecule has 72 valence electrons. The Balaban J connectivity index is 3.04. The lowest BCUT2D eigenvalue weighted by atomic mass is 10.3. The van der Waals surface area contributed by atoms with Crippen molar-refractivity contribution >= 4 is 28.9 Å². The van der Waals surface area contributed by atoms with Crippen LogP contribution in [0.4, 0.5) is 14.5 Å². The first-order valence-corrected chi connectivity index (χ1v) is 3.96. The fourth-order valence-electron chi connectivity index (χ4n) is 0.736. The average Bonchev–Trinajstić information content (AvgIpc) is 2.06. The van der Waals surface area contributed by atoms with Gasteiger partial charge >= 0.3 is 6.61 Å². The second kappa shape index (κ2) is 3.98. The van der Waals surface area contributed by atoms with Crippen LogP contribution in [0, 0.1) is 0 Å². The Kier molecular flexibility index (Phi) is 3.17. The van der Waals surface area contributed by atoms with Gasteiger partial charge in [0.15, 0.2) is 0 Å². The molecule has 0 saturated carbocycles. The van der Waals surface area contributed by atoms with Gasteiger partial charge < -0.3 is 10.5 Å². The summed E-state index contributed by atoms with van der Waals surface area (Å²) < 4.78 is 27.6. The van der Waals surface area contributed by atoms with Crippen molar-refractivity contribution in [1.29, 1.82) is 0 Å². The zero-order valence-electron chi connectivity index (χ0n) is 6.23. The molecule has 0 heterocycles. The summed E-state index contributed by atoms with van der Waals surface area (Å²) in [5, 5.41) is 0.0967. The van der Waals surface area contributed by atoms with Crippen LogP contribution in [-0.4, -0.2) is 6.61 Å². The Morgan fingerprint density at radius 1 is 1.31 bits per heavy atom. The maximum Gasteiger partial charge on any atom is 0.387 e. The van der Waals surface area contributed by atoms with E-state index in [2.05, 4.69) is 4.74 Å². The SMILES string of the molecule is Nc1c(Cl)ccc(OC(F)F)c1Cl. The lowest BCUT2D eigenvalue weighted by molar-refractivity contribution is -0.0497. The molecule has 0 aliphatic carbocycles. The zero-order valence-corrected chi connectivity index (χ0v) is 7.74. The highest BCUT2D eigenvalue weighted by atomic mass is 35.5. The van der Waals surface area contributed by atoms with Crippen molar-refractivity contribution in [2.75, 3.05) is 5.73 Å². The quantitative estimate of drug-likeness (QED) is 0.789. The summed E-state index contributed by atoms with van der Waals surface area (Å²) in [7, 11) is 0. The maximum atomic E-state index is 11.8. The maximum absolute atomic E-state index is 11.8. The second-order valence-corrected chi connectivity index (χ2v) is 2.94. The first kappa shape index (κ1) is 10.3. The number of nitrogens with two attached hydrogens (primary N) is 1. The Bertz CT molecular complexity index is 320. The van der Waals surface area contributed by atoms with E-state index in [0.717, 1.165) is 0 Å². The molecular weight excluding hydrogens is 223 g/mol. The number of hydrogen-bond acceptors (Lipinski definition) is 2. The first-order valence-electron chi connectivity index (χ1n) is 3.20. The number of halogens is 4. The highest BCUT2D eigenvalue weighted by Crippen LogP contribution is 2.35. The molecule has 0 fully saturated rings. The van der Waals surface area contributed by atoms with Crippen LogP contribution in [0.15, 0.2) is 12.1 Å². The fourth-order valence-corrected chi connectivity index (χ4v) is 1.15. The summed E-state index contributed by atoms with van der Waals surface area (Å²) in [5.41, 5.74) is 5.40. The van der Waals surface area contributed by atoms with Crippen molar-refractivity contribution < 1.29 is 13.5 Å². The molecule has 0 spiro atoms. The van der Waals surface area contributed by atoms with Gasteiger partial charge in [-0.25, -0.2) is 0 Å². The van der Waals surface area contributed by atoms with Gasteiger partial charge in [-0.2, -0.15) is 8.78 Å². The van der Waals surface area contributed by atoms with E-state index in [1.807, 2.05) is 0 Å². The third-order valence-corrected chi connectivity index (χ3v) is 2.03. The minimum absolute atomic E-state index is 0.0292. The molecule has 6 heteroatoms. The van der Waals surface area contributed by atoms with E-state index in [9.17, 15) is 8.78 Å². The number of benzene rings is 1. The molecule has 0 bridgehead atoms. The highest BCUT2D eigenvalue weighted by Gasteiger charge is 2.12. The first-order chi connectivity index (χ1) is 6.02. The van der Waals surface area contributed by atoms with E-state index in [0.29, 0.717) is 0 Å². The molecule has 0 unspecified atom stereocenters. The van der Waals surface area contributed by atoms with Gasteiger partial charge in [-0.05, 0) is 12.1 Å². The van der Waals surface area contributed by atoms with Crippen molar-refractivity contribution in [1.82, 2.24) is 0 Å². The Labute approximate surface area is 83.2 Å². The molecule has 0 aromatic heterocycles. The molecule has 0 radical (unpaired) electrons. The summed E-state index contributed by atoms with van der Waals surface area (Å²) in [6, 6.07) is 2.56. The van der Waals surface area contributed by atoms with E-state index in [-0.39, 0.29) is 21.5 Å². The van der Waals surface area contributed by atoms with Gasteiger partial charge in [-0.3, -0.25) is 0 Å². The Morgan fingerprint density at radius 3 is 2.46 bits per heavy atom. The molecule has 1 aromatic rings. The molecule has 2 N–H and O–H groups in total. The summed E-state index contributed by atoms with van der Waals surface area (Å²) in [6.07, 6.45) is 0. The van der Waals surface area contributed by atoms with E-state index >= 15 is 0 Å². The van der Waals surface area contributed by atoms with Gasteiger partial charge in [0.2, 0.25) is 0 Å². The predicted molar refractivity (Wildman–Crippen MR) is 47.5 cm³/mol. The normalized spacial score (nSPS) is 10.5. The molecule has 2 nitrogen and oxygen atoms in total. The lowest BCUT2D eigenvalue weighted by Crippen LogP contribution is -2.03. The smallest absolute Gasteiger partial charge is 0.387 e. The van der Waals surface area contributed by atoms with Gasteiger partial charge in [-0.1, -0.05) is 23.2 Å². The van der Waals surface area contributed by atoms with Crippen LogP contribution in [-0.2, 0) is 0 Å². The molecule has 1 rings (SSSR count). The molecule has 0 aliphatic heterocycles. The third kappa shape index (κ3) is 2.35. The lowest BCUT2D eigenvalue weighted by Gasteiger charge is -2.08. The number of rotatable bonds is 2. The third-order valence-electron chi connectivity index (χ3n) is 1.31. The van der Waals surface area contributed by atoms with E-state index in [1.54, 1.807) is 0 Å². The van der Waals surface area contributed by atoms with Crippen LogP contribution in [0.1, 0.15) is 0 Å². The van der Waals surface area contributed by atoms with Crippen LogP contribution in [0.25, 0.3) is 0 Å². The molecular formula is C7H5Cl2F2NO. The van der Waals surface area contributed by atoms with Crippen molar-refractivity contribution in [3.05, 3.63) is 22.2 Å². The molecule has 0 saturated heterocycles. The van der Waals surface area contributed by atoms with E-state index in [1.165, 1.54) is 12.1 Å². The largest absolute Gasteiger partial charge is 0.433 e. The fraction of sp³-hybridized carbons (Fsp3) is 0.143. The molecule has 1 aromatic carbocycles. The number of nitrogen functional groups attached to an aromatic ring is 1. The topological polar surface area (TPSA) is 35.2 Å². The van der Waals surface area contributed by atoms with Crippen molar-refractivity contribution in [3.8, 4) is 5.75 Å². The van der Waals surface area contributed by atoms with Crippen molar-refractivity contribution in [3.63, 3.8) is 0 Å². The van der Waals surface area contributed by atoms with Gasteiger partial charge in [0.25, 0.3) is 0 Å². The number of hydrogen-bond donors (Lipinski definition) is 1. The summed E-state index contributed by atoms with van der Waals surface area (Å²) in [6.45, 7) is -2.93. The Morgan fingerprint density at radius 2 is 1.92 bits per heavy atom. The van der Waals surface area contributed by atoms with Gasteiger partial charge in [0.1, 0.15) is 10.8 Å². The van der Waals surface area contributed by atoms with Crippen LogP contribution >= 0.6 is 23.2 Å². The van der Waals surface area contributed by atoms with E-state index in [4.69, 9.17) is 28.9 Å². The van der Waals surface area contributed by atoms with Crippen LogP contribution in [0.2, 0.25) is 10.0 Å². The molecule has 13 heavy (non-hydrogen) atoms. The molecule has 0 atom stereocenters. The van der Waals surface area contributed by atoms with Crippen LogP contribution in [0.3, 0.4) is 0 Å². The molecule has 0 aliphatic rings. The van der Waals surface area contributed by atoms with Crippen molar-refractivity contribution in [2.24, 2.45) is 0 Å². The zero-order chi connectivity index (χ0) is 10.0. The van der Waals surface area contributed by atoms with Gasteiger partial charge in [0, 0.05) is 0 Å². The van der Waals surface area contributed by atoms with E-state index < -0.39 is 6.61 Å². The van der Waals surface area contributed by atoms with Gasteiger partial charge in [-0.15, -0.1) is 0 Å². The average molecular weight is 228 g/mol. The second-order valence-electron chi connectivity index (χ2n) is 2.15. The summed E-state index contributed by atoms with van der Waals surface area (Å²) >= 11 is 11.1. The highest BCUT2D eigenvalue weighted by molar-refractivity contribution is 6.39. The van der Waals surface area contributed by atoms with Crippen LogP contribution in [0.5, 0.6) is 5.75 Å². The monoisotopic (exact) mass is 227 g/mol. The summed E-state index contributed by atoms with van der Waals surface area (Å²) in [4.78, 5) is 0. The minimum atomic E-state index is -2.93. The summed E-state index contributed by atoms with van der Waals surface area (Å²) in [5.74, 6) is -0.182. The predicted octanol–water partition coefficient (Wildman–Crippen LogP) is 3.18. The number of ether oxygens (including phenoxy) is 1.